The molecule has 0 aromatic heterocycles. The molecule has 0 saturated carbocycles. The molecule has 0 aliphatic rings. The van der Waals surface area contributed by atoms with Crippen molar-refractivity contribution in [2.45, 2.75) is 6.42 Å². The van der Waals surface area contributed by atoms with Crippen molar-refractivity contribution in [3.05, 3.63) is 27.8 Å². The average molecular weight is 277 g/mol. The Morgan fingerprint density at radius 2 is 2.08 bits per heavy atom. The van der Waals surface area contributed by atoms with Gasteiger partial charge in [-0.2, -0.15) is 0 Å². The molecule has 12 heavy (non-hydrogen) atoms. The highest BCUT2D eigenvalue weighted by atomic mass is 127. The summed E-state index contributed by atoms with van der Waals surface area (Å²) in [5.41, 5.74) is 1.14. The number of aliphatic hydroxyl groups is 1. The van der Waals surface area contributed by atoms with E-state index in [4.69, 9.17) is 5.11 Å². The van der Waals surface area contributed by atoms with E-state index in [1.807, 2.05) is 18.2 Å². The molecule has 2 N–H and O–H groups in total. The minimum atomic E-state index is 0.246. The summed E-state index contributed by atoms with van der Waals surface area (Å²) in [4.78, 5) is 0. The zero-order valence-corrected chi connectivity index (χ0v) is 8.91. The predicted octanol–water partition coefficient (Wildman–Crippen LogP) is 2.09. The maximum absolute atomic E-state index is 8.57. The first-order valence-electron chi connectivity index (χ1n) is 3.94. The predicted molar refractivity (Wildman–Crippen MR) is 59.4 cm³/mol. The fourth-order valence-corrected chi connectivity index (χ4v) is 1.48. The lowest BCUT2D eigenvalue weighted by Gasteiger charge is -2.06. The van der Waals surface area contributed by atoms with Gasteiger partial charge in [0.1, 0.15) is 0 Å². The topological polar surface area (TPSA) is 32.3 Å². The number of hydrogen-bond donors (Lipinski definition) is 2. The normalized spacial score (nSPS) is 9.83. The first-order valence-corrected chi connectivity index (χ1v) is 5.01. The Hall–Kier alpha value is -0.290. The number of aliphatic hydroxyl groups excluding tert-OH is 1. The van der Waals surface area contributed by atoms with Gasteiger partial charge < -0.3 is 10.4 Å². The second-order valence-corrected chi connectivity index (χ2v) is 3.65. The molecule has 1 aromatic rings. The monoisotopic (exact) mass is 277 g/mol. The average Bonchev–Trinajstić information content (AvgIpc) is 2.09. The van der Waals surface area contributed by atoms with E-state index in [1.54, 1.807) is 0 Å². The second-order valence-electron chi connectivity index (χ2n) is 2.48. The van der Waals surface area contributed by atoms with E-state index < -0.39 is 0 Å². The minimum Gasteiger partial charge on any atom is -0.396 e. The molecule has 0 heterocycles. The van der Waals surface area contributed by atoms with Crippen molar-refractivity contribution in [1.29, 1.82) is 0 Å². The van der Waals surface area contributed by atoms with Crippen LogP contribution in [0.25, 0.3) is 0 Å². The van der Waals surface area contributed by atoms with E-state index in [0.29, 0.717) is 0 Å². The molecule has 1 aromatic carbocycles. The van der Waals surface area contributed by atoms with Crippen molar-refractivity contribution in [2.24, 2.45) is 0 Å². The third-order valence-corrected chi connectivity index (χ3v) is 2.46. The van der Waals surface area contributed by atoms with Crippen LogP contribution in [-0.2, 0) is 0 Å². The molecule has 0 fully saturated rings. The van der Waals surface area contributed by atoms with Gasteiger partial charge in [0.15, 0.2) is 0 Å². The number of benzene rings is 1. The molecule has 0 aliphatic carbocycles. The van der Waals surface area contributed by atoms with Gasteiger partial charge in [-0.1, -0.05) is 12.1 Å². The molecule has 3 heteroatoms. The van der Waals surface area contributed by atoms with Gasteiger partial charge in [-0.05, 0) is 41.1 Å². The zero-order chi connectivity index (χ0) is 8.81. The minimum absolute atomic E-state index is 0.246. The lowest BCUT2D eigenvalue weighted by Crippen LogP contribution is -2.04. The van der Waals surface area contributed by atoms with Crippen molar-refractivity contribution >= 4 is 28.3 Å². The van der Waals surface area contributed by atoms with Gasteiger partial charge in [-0.15, -0.1) is 0 Å². The lowest BCUT2D eigenvalue weighted by atomic mass is 10.3. The Morgan fingerprint density at radius 1 is 1.33 bits per heavy atom. The number of hydrogen-bond acceptors (Lipinski definition) is 2. The Morgan fingerprint density at radius 3 is 2.75 bits per heavy atom. The van der Waals surface area contributed by atoms with E-state index in [0.717, 1.165) is 18.7 Å². The van der Waals surface area contributed by atoms with Crippen LogP contribution >= 0.6 is 22.6 Å². The van der Waals surface area contributed by atoms with Crippen molar-refractivity contribution < 1.29 is 5.11 Å². The first-order chi connectivity index (χ1) is 5.84. The number of rotatable bonds is 4. The lowest BCUT2D eigenvalue weighted by molar-refractivity contribution is 0.292. The summed E-state index contributed by atoms with van der Waals surface area (Å²) in [7, 11) is 0. The summed E-state index contributed by atoms with van der Waals surface area (Å²) < 4.78 is 1.22. The van der Waals surface area contributed by atoms with Gasteiger partial charge in [0.2, 0.25) is 0 Å². The van der Waals surface area contributed by atoms with Crippen LogP contribution in [0.2, 0.25) is 0 Å². The van der Waals surface area contributed by atoms with Crippen LogP contribution in [0.1, 0.15) is 6.42 Å². The van der Waals surface area contributed by atoms with E-state index in [1.165, 1.54) is 3.57 Å². The molecule has 0 radical (unpaired) electrons. The molecule has 0 bridgehead atoms. The molecular weight excluding hydrogens is 265 g/mol. The maximum Gasteiger partial charge on any atom is 0.0475 e. The SMILES string of the molecule is OCCCNc1ccccc1I. The number of anilines is 1. The third kappa shape index (κ3) is 2.98. The quantitative estimate of drug-likeness (QED) is 0.652. The first kappa shape index (κ1) is 9.80. The Balaban J connectivity index is 2.46. The number of nitrogens with one attached hydrogen (secondary N) is 1. The Kier molecular flexibility index (Phi) is 4.39. The van der Waals surface area contributed by atoms with Crippen LogP contribution in [0.15, 0.2) is 24.3 Å². The van der Waals surface area contributed by atoms with Gasteiger partial charge >= 0.3 is 0 Å². The van der Waals surface area contributed by atoms with E-state index in [9.17, 15) is 0 Å². The van der Waals surface area contributed by atoms with Gasteiger partial charge in [-0.3, -0.25) is 0 Å². The molecule has 1 rings (SSSR count). The molecule has 2 nitrogen and oxygen atoms in total. The number of halogens is 1. The largest absolute Gasteiger partial charge is 0.396 e. The van der Waals surface area contributed by atoms with Crippen molar-refractivity contribution in [3.63, 3.8) is 0 Å². The van der Waals surface area contributed by atoms with Crippen LogP contribution in [0.3, 0.4) is 0 Å². The summed E-state index contributed by atoms with van der Waals surface area (Å²) in [5.74, 6) is 0. The fraction of sp³-hybridized carbons (Fsp3) is 0.333. The van der Waals surface area contributed by atoms with Gasteiger partial charge in [0.25, 0.3) is 0 Å². The van der Waals surface area contributed by atoms with E-state index in [2.05, 4.69) is 34.0 Å². The van der Waals surface area contributed by atoms with E-state index in [-0.39, 0.29) is 6.61 Å². The van der Waals surface area contributed by atoms with Crippen LogP contribution in [-0.4, -0.2) is 18.3 Å². The van der Waals surface area contributed by atoms with Gasteiger partial charge in [0, 0.05) is 22.4 Å². The highest BCUT2D eigenvalue weighted by Gasteiger charge is 1.94. The molecule has 66 valence electrons. The second kappa shape index (κ2) is 5.37. The number of para-hydroxylation sites is 1. The van der Waals surface area contributed by atoms with Crippen LogP contribution in [0.4, 0.5) is 5.69 Å². The highest BCUT2D eigenvalue weighted by Crippen LogP contribution is 2.16. The van der Waals surface area contributed by atoms with Crippen LogP contribution < -0.4 is 5.32 Å². The Labute approximate surface area is 86.1 Å². The molecule has 0 spiro atoms. The summed E-state index contributed by atoms with van der Waals surface area (Å²) in [6.45, 7) is 1.08. The van der Waals surface area contributed by atoms with Crippen molar-refractivity contribution in [1.82, 2.24) is 0 Å². The van der Waals surface area contributed by atoms with Crippen molar-refractivity contribution in [2.75, 3.05) is 18.5 Å². The fourth-order valence-electron chi connectivity index (χ4n) is 0.907. The van der Waals surface area contributed by atoms with Crippen LogP contribution in [0, 0.1) is 3.57 Å². The molecule has 0 atom stereocenters. The summed E-state index contributed by atoms with van der Waals surface area (Å²) >= 11 is 2.29. The Bertz CT molecular complexity index is 240. The van der Waals surface area contributed by atoms with Crippen LogP contribution in [0.5, 0.6) is 0 Å². The summed E-state index contributed by atoms with van der Waals surface area (Å²) in [5, 5.41) is 11.8. The molecule has 0 amide bonds. The van der Waals surface area contributed by atoms with Crippen molar-refractivity contribution in [3.8, 4) is 0 Å². The molecule has 0 saturated heterocycles. The summed E-state index contributed by atoms with van der Waals surface area (Å²) in [6, 6.07) is 8.11. The smallest absolute Gasteiger partial charge is 0.0475 e. The standard InChI is InChI=1S/C9H12INO/c10-8-4-1-2-5-9(8)11-6-3-7-12/h1-2,4-5,11-12H,3,6-7H2. The highest BCUT2D eigenvalue weighted by molar-refractivity contribution is 14.1. The maximum atomic E-state index is 8.57. The summed E-state index contributed by atoms with van der Waals surface area (Å²) in [6.07, 6.45) is 0.797. The van der Waals surface area contributed by atoms with E-state index >= 15 is 0 Å². The van der Waals surface area contributed by atoms with Gasteiger partial charge in [-0.25, -0.2) is 0 Å². The zero-order valence-electron chi connectivity index (χ0n) is 6.76. The molecule has 0 aliphatic heterocycles. The molecular formula is C9H12INO. The van der Waals surface area contributed by atoms with Gasteiger partial charge in [0.05, 0.1) is 0 Å². The third-order valence-electron chi connectivity index (χ3n) is 1.52. The molecule has 0 unspecified atom stereocenters.